The summed E-state index contributed by atoms with van der Waals surface area (Å²) in [5.41, 5.74) is 1.13. The molecule has 1 amide bonds. The lowest BCUT2D eigenvalue weighted by molar-refractivity contribution is 0.153. The molecule has 5 nitrogen and oxygen atoms in total. The zero-order chi connectivity index (χ0) is 12.9. The quantitative estimate of drug-likeness (QED) is 0.622. The molecular formula is C11H19N3O2S. The highest BCUT2D eigenvalue weighted by molar-refractivity contribution is 8.16. The molecule has 1 aliphatic rings. The average Bonchev–Trinajstić information content (AvgIpc) is 2.65. The summed E-state index contributed by atoms with van der Waals surface area (Å²) in [5.74, 6) is 0. The van der Waals surface area contributed by atoms with Gasteiger partial charge in [-0.15, -0.1) is 0 Å². The van der Waals surface area contributed by atoms with Crippen LogP contribution in [0.25, 0.3) is 0 Å². The first-order chi connectivity index (χ1) is 8.05. The van der Waals surface area contributed by atoms with Crippen LogP contribution in [0.2, 0.25) is 0 Å². The van der Waals surface area contributed by atoms with Gasteiger partial charge in [-0.05, 0) is 24.9 Å². The molecule has 96 valence electrons. The van der Waals surface area contributed by atoms with Gasteiger partial charge in [0.25, 0.3) is 0 Å². The summed E-state index contributed by atoms with van der Waals surface area (Å²) in [4.78, 5) is 20.0. The molecule has 1 N–H and O–H groups in total. The van der Waals surface area contributed by atoms with E-state index in [1.807, 2.05) is 0 Å². The zero-order valence-corrected chi connectivity index (χ0v) is 11.6. The summed E-state index contributed by atoms with van der Waals surface area (Å²) in [6, 6.07) is 0. The zero-order valence-electron chi connectivity index (χ0n) is 10.7. The van der Waals surface area contributed by atoms with Gasteiger partial charge in [-0.3, -0.25) is 4.84 Å². The van der Waals surface area contributed by atoms with Crippen molar-refractivity contribution in [2.45, 2.75) is 44.8 Å². The molecule has 0 aliphatic carbocycles. The largest absolute Gasteiger partial charge is 0.433 e. The van der Waals surface area contributed by atoms with Crippen LogP contribution in [0.5, 0.6) is 0 Å². The molecule has 17 heavy (non-hydrogen) atoms. The standard InChI is InChI=1S/C11H19N3O2S/c1-5-7-8-11(3,6-2)17-9(13-8)14-16-10(15)12-4/h5-7H2,1-4H3,(H,12,15). The minimum atomic E-state index is -0.574. The lowest BCUT2D eigenvalue weighted by Gasteiger charge is -2.21. The third-order valence-corrected chi connectivity index (χ3v) is 4.05. The van der Waals surface area contributed by atoms with Crippen molar-refractivity contribution in [2.24, 2.45) is 10.1 Å². The maximum atomic E-state index is 10.9. The predicted octanol–water partition coefficient (Wildman–Crippen LogP) is 2.77. The summed E-state index contributed by atoms with van der Waals surface area (Å²) in [5, 5.41) is 6.61. The number of oxime groups is 1. The fourth-order valence-electron chi connectivity index (χ4n) is 1.52. The van der Waals surface area contributed by atoms with Gasteiger partial charge in [0, 0.05) is 12.8 Å². The maximum absolute atomic E-state index is 10.9. The van der Waals surface area contributed by atoms with Crippen LogP contribution in [0, 0.1) is 0 Å². The van der Waals surface area contributed by atoms with E-state index in [-0.39, 0.29) is 4.75 Å². The molecular weight excluding hydrogens is 238 g/mol. The molecule has 1 aliphatic heterocycles. The van der Waals surface area contributed by atoms with E-state index in [2.05, 4.69) is 41.1 Å². The number of carbonyl (C=O) groups excluding carboxylic acids is 1. The average molecular weight is 257 g/mol. The van der Waals surface area contributed by atoms with Crippen LogP contribution in [-0.2, 0) is 4.84 Å². The van der Waals surface area contributed by atoms with E-state index in [9.17, 15) is 4.79 Å². The lowest BCUT2D eigenvalue weighted by atomic mass is 9.98. The van der Waals surface area contributed by atoms with Gasteiger partial charge in [0.1, 0.15) is 0 Å². The molecule has 1 atom stereocenters. The van der Waals surface area contributed by atoms with Gasteiger partial charge >= 0.3 is 6.09 Å². The Morgan fingerprint density at radius 1 is 1.59 bits per heavy atom. The van der Waals surface area contributed by atoms with Crippen molar-refractivity contribution in [3.05, 3.63) is 0 Å². The summed E-state index contributed by atoms with van der Waals surface area (Å²) in [6.45, 7) is 6.40. The van der Waals surface area contributed by atoms with Crippen LogP contribution in [0.4, 0.5) is 4.79 Å². The molecule has 0 fully saturated rings. The second-order valence-electron chi connectivity index (χ2n) is 4.00. The highest BCUT2D eigenvalue weighted by atomic mass is 32.2. The van der Waals surface area contributed by atoms with Crippen LogP contribution in [0.1, 0.15) is 40.0 Å². The molecule has 1 heterocycles. The maximum Gasteiger partial charge on any atom is 0.433 e. The molecule has 0 saturated carbocycles. The SMILES string of the molecule is CCCC1=NC(=NOC(=O)NC)SC1(C)CC. The van der Waals surface area contributed by atoms with E-state index in [0.29, 0.717) is 5.17 Å². The normalized spacial score (nSPS) is 25.9. The number of thioether (sulfide) groups is 1. The Bertz CT molecular complexity index is 355. The Labute approximate surface area is 106 Å². The second kappa shape index (κ2) is 6.05. The number of nitrogens with zero attached hydrogens (tertiary/aromatic N) is 2. The Hall–Kier alpha value is -1.04. The monoisotopic (exact) mass is 257 g/mol. The second-order valence-corrected chi connectivity index (χ2v) is 5.47. The van der Waals surface area contributed by atoms with Crippen molar-refractivity contribution in [3.8, 4) is 0 Å². The molecule has 0 spiro atoms. The number of amidine groups is 1. The highest BCUT2D eigenvalue weighted by Gasteiger charge is 2.36. The first kappa shape index (κ1) is 14.0. The van der Waals surface area contributed by atoms with Crippen molar-refractivity contribution >= 4 is 28.7 Å². The van der Waals surface area contributed by atoms with Crippen LogP contribution in [0.3, 0.4) is 0 Å². The Morgan fingerprint density at radius 2 is 2.29 bits per heavy atom. The first-order valence-electron chi connectivity index (χ1n) is 5.79. The van der Waals surface area contributed by atoms with Gasteiger partial charge in [0.2, 0.25) is 5.17 Å². The molecule has 6 heteroatoms. The van der Waals surface area contributed by atoms with Gasteiger partial charge < -0.3 is 5.32 Å². The van der Waals surface area contributed by atoms with Gasteiger partial charge in [-0.25, -0.2) is 9.79 Å². The number of hydrogen-bond acceptors (Lipinski definition) is 4. The van der Waals surface area contributed by atoms with Crippen molar-refractivity contribution in [2.75, 3.05) is 7.05 Å². The Balaban J connectivity index is 2.76. The van der Waals surface area contributed by atoms with E-state index in [4.69, 9.17) is 0 Å². The summed E-state index contributed by atoms with van der Waals surface area (Å²) < 4.78 is -0.0130. The number of rotatable bonds is 4. The van der Waals surface area contributed by atoms with Crippen LogP contribution >= 0.6 is 11.8 Å². The number of amides is 1. The number of carbonyl (C=O) groups is 1. The fraction of sp³-hybridized carbons (Fsp3) is 0.727. The highest BCUT2D eigenvalue weighted by Crippen LogP contribution is 2.38. The Morgan fingerprint density at radius 3 is 2.82 bits per heavy atom. The van der Waals surface area contributed by atoms with E-state index < -0.39 is 6.09 Å². The van der Waals surface area contributed by atoms with Crippen LogP contribution < -0.4 is 5.32 Å². The molecule has 0 aromatic carbocycles. The molecule has 0 aromatic rings. The lowest BCUT2D eigenvalue weighted by Crippen LogP contribution is -2.27. The molecule has 1 rings (SSSR count). The number of aliphatic imine (C=N–C) groups is 1. The molecule has 0 saturated heterocycles. The van der Waals surface area contributed by atoms with Crippen molar-refractivity contribution in [1.82, 2.24) is 5.32 Å². The summed E-state index contributed by atoms with van der Waals surface area (Å²) >= 11 is 1.55. The first-order valence-corrected chi connectivity index (χ1v) is 6.61. The molecule has 0 aromatic heterocycles. The van der Waals surface area contributed by atoms with Gasteiger partial charge in [-0.2, -0.15) is 0 Å². The topological polar surface area (TPSA) is 63.1 Å². The predicted molar refractivity (Wildman–Crippen MR) is 71.6 cm³/mol. The van der Waals surface area contributed by atoms with Crippen molar-refractivity contribution < 1.29 is 9.63 Å². The smallest absolute Gasteiger partial charge is 0.323 e. The van der Waals surface area contributed by atoms with Crippen LogP contribution in [-0.4, -0.2) is 28.8 Å². The van der Waals surface area contributed by atoms with Gasteiger partial charge in [0.05, 0.1) is 4.75 Å². The minimum absolute atomic E-state index is 0.0130. The van der Waals surface area contributed by atoms with Crippen LogP contribution in [0.15, 0.2) is 10.1 Å². The van der Waals surface area contributed by atoms with E-state index >= 15 is 0 Å². The third-order valence-electron chi connectivity index (χ3n) is 2.73. The Kier molecular flexibility index (Phi) is 4.99. The summed E-state index contributed by atoms with van der Waals surface area (Å²) in [6.07, 6.45) is 2.42. The summed E-state index contributed by atoms with van der Waals surface area (Å²) in [7, 11) is 1.49. The van der Waals surface area contributed by atoms with Gasteiger partial charge in [-0.1, -0.05) is 32.0 Å². The molecule has 0 bridgehead atoms. The molecule has 1 unspecified atom stereocenters. The van der Waals surface area contributed by atoms with Crippen molar-refractivity contribution in [1.29, 1.82) is 0 Å². The van der Waals surface area contributed by atoms with E-state index in [1.165, 1.54) is 7.05 Å². The van der Waals surface area contributed by atoms with Crippen molar-refractivity contribution in [3.63, 3.8) is 0 Å². The van der Waals surface area contributed by atoms with E-state index in [0.717, 1.165) is 25.0 Å². The molecule has 0 radical (unpaired) electrons. The third kappa shape index (κ3) is 3.46. The minimum Gasteiger partial charge on any atom is -0.323 e. The fourth-order valence-corrected chi connectivity index (χ4v) is 2.56. The van der Waals surface area contributed by atoms with E-state index in [1.54, 1.807) is 11.8 Å². The number of nitrogens with one attached hydrogen (secondary N) is 1. The van der Waals surface area contributed by atoms with Gasteiger partial charge in [0.15, 0.2) is 0 Å². The number of hydrogen-bond donors (Lipinski definition) is 1.